The summed E-state index contributed by atoms with van der Waals surface area (Å²) in [5.41, 5.74) is 4.41. The number of carbonyl (C=O) groups excluding carboxylic acids is 1. The Labute approximate surface area is 111 Å². The number of benzene rings is 1. The summed E-state index contributed by atoms with van der Waals surface area (Å²) in [5.74, 6) is -0.980. The maximum absolute atomic E-state index is 12.9. The van der Waals surface area contributed by atoms with Gasteiger partial charge in [-0.15, -0.1) is 0 Å². The van der Waals surface area contributed by atoms with Crippen molar-refractivity contribution < 1.29 is 22.7 Å². The minimum absolute atomic E-state index is 0.0931. The molecule has 0 bridgehead atoms. The van der Waals surface area contributed by atoms with Gasteiger partial charge in [0.2, 0.25) is 0 Å². The highest BCUT2D eigenvalue weighted by Gasteiger charge is 2.34. The zero-order chi connectivity index (χ0) is 14.9. The van der Waals surface area contributed by atoms with E-state index in [0.717, 1.165) is 24.1 Å². The summed E-state index contributed by atoms with van der Waals surface area (Å²) in [4.78, 5) is 11.4. The van der Waals surface area contributed by atoms with E-state index in [-0.39, 0.29) is 17.1 Å². The van der Waals surface area contributed by atoms with Crippen LogP contribution < -0.4 is 5.73 Å². The largest absolute Gasteiger partial charge is 0.465 e. The minimum atomic E-state index is -4.56. The van der Waals surface area contributed by atoms with Crippen LogP contribution in [0.2, 0.25) is 0 Å². The Morgan fingerprint density at radius 2 is 2.00 bits per heavy atom. The molecule has 0 fully saturated rings. The van der Waals surface area contributed by atoms with Crippen molar-refractivity contribution in [3.05, 3.63) is 41.6 Å². The first-order chi connectivity index (χ1) is 9.36. The molecule has 0 saturated heterocycles. The minimum Gasteiger partial charge on any atom is -0.465 e. The molecule has 0 saturated carbocycles. The topological polar surface area (TPSA) is 70.1 Å². The van der Waals surface area contributed by atoms with Crippen LogP contribution in [-0.4, -0.2) is 22.9 Å². The Balaban J connectivity index is 2.59. The number of nitrogen functional groups attached to an aromatic ring is 1. The van der Waals surface area contributed by atoms with Crippen LogP contribution in [-0.2, 0) is 10.9 Å². The molecule has 106 valence electrons. The second kappa shape index (κ2) is 4.87. The van der Waals surface area contributed by atoms with E-state index < -0.39 is 17.7 Å². The van der Waals surface area contributed by atoms with Gasteiger partial charge in [-0.25, -0.2) is 9.48 Å². The van der Waals surface area contributed by atoms with E-state index in [0.29, 0.717) is 0 Å². The molecule has 1 aromatic carbocycles. The Bertz CT molecular complexity index is 650. The van der Waals surface area contributed by atoms with Gasteiger partial charge in [0.15, 0.2) is 0 Å². The highest BCUT2D eigenvalue weighted by atomic mass is 19.4. The fraction of sp³-hybridized carbons (Fsp3) is 0.167. The van der Waals surface area contributed by atoms with Crippen LogP contribution in [0.25, 0.3) is 5.69 Å². The van der Waals surface area contributed by atoms with E-state index in [2.05, 4.69) is 9.84 Å². The van der Waals surface area contributed by atoms with E-state index in [1.54, 1.807) is 0 Å². The van der Waals surface area contributed by atoms with Gasteiger partial charge in [-0.2, -0.15) is 18.3 Å². The number of carbonyl (C=O) groups is 1. The third-order valence-corrected chi connectivity index (χ3v) is 2.65. The van der Waals surface area contributed by atoms with Gasteiger partial charge < -0.3 is 10.5 Å². The van der Waals surface area contributed by atoms with Gasteiger partial charge in [0.05, 0.1) is 24.6 Å². The molecule has 0 unspecified atom stereocenters. The summed E-state index contributed by atoms with van der Waals surface area (Å²) < 4.78 is 44.1. The normalized spacial score (nSPS) is 11.4. The lowest BCUT2D eigenvalue weighted by Crippen LogP contribution is -2.13. The number of aromatic nitrogens is 2. The number of rotatable bonds is 2. The number of nitrogens with zero attached hydrogens (tertiary/aromatic N) is 2. The predicted octanol–water partition coefficient (Wildman–Crippen LogP) is 2.26. The molecular weight excluding hydrogens is 275 g/mol. The van der Waals surface area contributed by atoms with Crippen LogP contribution in [0.4, 0.5) is 19.0 Å². The van der Waals surface area contributed by atoms with E-state index >= 15 is 0 Å². The second-order valence-electron chi connectivity index (χ2n) is 3.86. The van der Waals surface area contributed by atoms with Crippen molar-refractivity contribution in [3.63, 3.8) is 0 Å². The number of esters is 1. The van der Waals surface area contributed by atoms with Crippen molar-refractivity contribution in [2.45, 2.75) is 6.18 Å². The summed E-state index contributed by atoms with van der Waals surface area (Å²) in [6.07, 6.45) is -3.49. The monoisotopic (exact) mass is 285 g/mol. The van der Waals surface area contributed by atoms with Crippen molar-refractivity contribution in [1.29, 1.82) is 0 Å². The molecule has 0 aliphatic rings. The molecule has 2 rings (SSSR count). The number of anilines is 1. The smallest absolute Gasteiger partial charge is 0.418 e. The van der Waals surface area contributed by atoms with Crippen LogP contribution in [0.15, 0.2) is 30.5 Å². The van der Waals surface area contributed by atoms with Crippen molar-refractivity contribution in [2.75, 3.05) is 12.8 Å². The average Bonchev–Trinajstić information content (AvgIpc) is 2.78. The van der Waals surface area contributed by atoms with Crippen LogP contribution in [0.5, 0.6) is 0 Å². The maximum atomic E-state index is 12.9. The molecular formula is C12H10F3N3O2. The molecule has 2 aromatic rings. The first-order valence-corrected chi connectivity index (χ1v) is 5.44. The summed E-state index contributed by atoms with van der Waals surface area (Å²) in [6, 6.07) is 4.80. The Morgan fingerprint density at radius 3 is 2.60 bits per heavy atom. The molecule has 2 N–H and O–H groups in total. The number of ether oxygens (including phenoxy) is 1. The quantitative estimate of drug-likeness (QED) is 0.859. The van der Waals surface area contributed by atoms with Crippen molar-refractivity contribution in [2.24, 2.45) is 0 Å². The third kappa shape index (κ3) is 2.31. The third-order valence-electron chi connectivity index (χ3n) is 2.65. The molecule has 0 amide bonds. The Morgan fingerprint density at radius 1 is 1.35 bits per heavy atom. The van der Waals surface area contributed by atoms with Gasteiger partial charge in [0, 0.05) is 0 Å². The first kappa shape index (κ1) is 13.9. The number of hydrogen-bond acceptors (Lipinski definition) is 4. The number of nitrogens with two attached hydrogens (primary N) is 1. The highest BCUT2D eigenvalue weighted by molar-refractivity contribution is 5.94. The van der Waals surface area contributed by atoms with Gasteiger partial charge in [-0.3, -0.25) is 0 Å². The van der Waals surface area contributed by atoms with Crippen molar-refractivity contribution >= 4 is 11.8 Å². The van der Waals surface area contributed by atoms with E-state index in [9.17, 15) is 18.0 Å². The lowest BCUT2D eigenvalue weighted by Gasteiger charge is -2.13. The molecule has 1 heterocycles. The number of methoxy groups -OCH3 is 1. The molecule has 0 atom stereocenters. The van der Waals surface area contributed by atoms with Crippen molar-refractivity contribution in [3.8, 4) is 5.69 Å². The molecule has 5 nitrogen and oxygen atoms in total. The fourth-order valence-electron chi connectivity index (χ4n) is 1.72. The lowest BCUT2D eigenvalue weighted by molar-refractivity contribution is -0.137. The van der Waals surface area contributed by atoms with Gasteiger partial charge in [-0.1, -0.05) is 12.1 Å². The number of para-hydroxylation sites is 1. The van der Waals surface area contributed by atoms with Crippen LogP contribution in [0.1, 0.15) is 15.9 Å². The first-order valence-electron chi connectivity index (χ1n) is 5.44. The van der Waals surface area contributed by atoms with E-state index in [4.69, 9.17) is 5.73 Å². The molecule has 1 aromatic heterocycles. The Kier molecular flexibility index (Phi) is 3.39. The SMILES string of the molecule is COC(=O)c1cnn(-c2ccccc2C(F)(F)F)c1N. The highest BCUT2D eigenvalue weighted by Crippen LogP contribution is 2.34. The van der Waals surface area contributed by atoms with Gasteiger partial charge in [0.25, 0.3) is 0 Å². The second-order valence-corrected chi connectivity index (χ2v) is 3.86. The van der Waals surface area contributed by atoms with Gasteiger partial charge in [0.1, 0.15) is 11.4 Å². The van der Waals surface area contributed by atoms with E-state index in [1.807, 2.05) is 0 Å². The van der Waals surface area contributed by atoms with E-state index in [1.165, 1.54) is 18.2 Å². The fourth-order valence-corrected chi connectivity index (χ4v) is 1.72. The van der Waals surface area contributed by atoms with Gasteiger partial charge in [-0.05, 0) is 12.1 Å². The Hall–Kier alpha value is -2.51. The van der Waals surface area contributed by atoms with Crippen LogP contribution in [0, 0.1) is 0 Å². The number of hydrogen-bond donors (Lipinski definition) is 1. The summed E-state index contributed by atoms with van der Waals surface area (Å²) in [5, 5.41) is 3.72. The molecule has 0 spiro atoms. The molecule has 20 heavy (non-hydrogen) atoms. The maximum Gasteiger partial charge on any atom is 0.418 e. The van der Waals surface area contributed by atoms with Crippen LogP contribution >= 0.6 is 0 Å². The van der Waals surface area contributed by atoms with Crippen molar-refractivity contribution in [1.82, 2.24) is 9.78 Å². The van der Waals surface area contributed by atoms with Crippen LogP contribution in [0.3, 0.4) is 0 Å². The molecule has 0 radical (unpaired) electrons. The number of halogens is 3. The molecule has 0 aliphatic carbocycles. The average molecular weight is 285 g/mol. The zero-order valence-corrected chi connectivity index (χ0v) is 10.3. The predicted molar refractivity (Wildman–Crippen MR) is 64.3 cm³/mol. The molecule has 8 heteroatoms. The lowest BCUT2D eigenvalue weighted by atomic mass is 10.1. The standard InChI is InChI=1S/C12H10F3N3O2/c1-20-11(19)7-6-17-18(10(7)16)9-5-3-2-4-8(9)12(13,14)15/h2-6H,16H2,1H3. The summed E-state index contributed by atoms with van der Waals surface area (Å²) >= 11 is 0. The summed E-state index contributed by atoms with van der Waals surface area (Å²) in [6.45, 7) is 0. The van der Waals surface area contributed by atoms with Gasteiger partial charge >= 0.3 is 12.1 Å². The number of alkyl halides is 3. The molecule has 0 aliphatic heterocycles. The summed E-state index contributed by atoms with van der Waals surface area (Å²) in [7, 11) is 1.14. The zero-order valence-electron chi connectivity index (χ0n) is 10.3.